The summed E-state index contributed by atoms with van der Waals surface area (Å²) in [5.41, 5.74) is 0.619. The van der Waals surface area contributed by atoms with Gasteiger partial charge in [0, 0.05) is 5.56 Å². The molecule has 0 amide bonds. The van der Waals surface area contributed by atoms with Crippen molar-refractivity contribution in [1.29, 1.82) is 0 Å². The third-order valence-corrected chi connectivity index (χ3v) is 11.6. The number of unbranched alkanes of at least 4 members (excludes halogenated alkanes) is 10. The first-order valence-corrected chi connectivity index (χ1v) is 19.8. The summed E-state index contributed by atoms with van der Waals surface area (Å²) in [5.74, 6) is 3.20. The molecule has 0 saturated carbocycles. The number of hydrogen-bond donors (Lipinski definition) is 1. The lowest BCUT2D eigenvalue weighted by Crippen LogP contribution is -2.11. The van der Waals surface area contributed by atoms with Crippen LogP contribution in [-0.4, -0.2) is 40.7 Å². The fourth-order valence-corrected chi connectivity index (χ4v) is 8.62. The Bertz CT molecular complexity index is 975. The van der Waals surface area contributed by atoms with Crippen molar-refractivity contribution in [3.63, 3.8) is 0 Å². The van der Waals surface area contributed by atoms with Crippen molar-refractivity contribution >= 4 is 47.0 Å². The predicted molar refractivity (Wildman–Crippen MR) is 189 cm³/mol. The molecule has 5 nitrogen and oxygen atoms in total. The molecule has 2 rings (SSSR count). The molecular weight excluding hydrogens is 599 g/mol. The van der Waals surface area contributed by atoms with E-state index in [-0.39, 0.29) is 11.2 Å². The second-order valence-electron chi connectivity index (χ2n) is 11.9. The Hall–Kier alpha value is -0.770. The predicted octanol–water partition coefficient (Wildman–Crippen LogP) is 11.7. The molecule has 1 aromatic heterocycles. The SMILES string of the molecule is CCCCCCCCSC(C)Sc1nc(Oc2ccc(O)c(C(C)(C)C)c2)nc(SC(C)SCCCCCCCC)n1. The van der Waals surface area contributed by atoms with E-state index in [2.05, 4.69) is 48.5 Å². The molecule has 1 aromatic carbocycles. The molecule has 0 spiro atoms. The van der Waals surface area contributed by atoms with Crippen LogP contribution in [0.25, 0.3) is 0 Å². The fourth-order valence-electron chi connectivity index (χ4n) is 4.38. The van der Waals surface area contributed by atoms with E-state index in [4.69, 9.17) is 19.7 Å². The highest BCUT2D eigenvalue weighted by atomic mass is 32.2. The average molecular weight is 654 g/mol. The van der Waals surface area contributed by atoms with Gasteiger partial charge >= 0.3 is 6.01 Å². The fraction of sp³-hybridized carbons (Fsp3) is 0.727. The van der Waals surface area contributed by atoms with Crippen molar-refractivity contribution in [2.24, 2.45) is 0 Å². The van der Waals surface area contributed by atoms with E-state index in [1.807, 2.05) is 29.6 Å². The number of rotatable bonds is 22. The van der Waals surface area contributed by atoms with Crippen LogP contribution in [0.4, 0.5) is 0 Å². The molecule has 0 bridgehead atoms. The first-order valence-electron chi connectivity index (χ1n) is 16.0. The van der Waals surface area contributed by atoms with Gasteiger partial charge in [-0.25, -0.2) is 0 Å². The van der Waals surface area contributed by atoms with E-state index >= 15 is 0 Å². The van der Waals surface area contributed by atoms with Gasteiger partial charge in [-0.05, 0) is 61.8 Å². The summed E-state index contributed by atoms with van der Waals surface area (Å²) < 4.78 is 6.87. The van der Waals surface area contributed by atoms with Gasteiger partial charge in [-0.1, -0.05) is 122 Å². The van der Waals surface area contributed by atoms with Gasteiger partial charge < -0.3 is 9.84 Å². The summed E-state index contributed by atoms with van der Waals surface area (Å²) >= 11 is 7.31. The first kappa shape index (κ1) is 37.4. The molecule has 2 aromatic rings. The smallest absolute Gasteiger partial charge is 0.327 e. The standard InChI is InChI=1S/C33H55N3O2S4/c1-8-10-12-14-16-18-22-39-25(3)41-31-34-30(38-27-20-21-29(37)28(24-27)33(5,6)7)35-32(36-31)42-26(4)40-23-19-17-15-13-11-9-2/h20-21,24-26,37H,8-19,22-23H2,1-7H3. The number of ether oxygens (including phenoxy) is 1. The highest BCUT2D eigenvalue weighted by Gasteiger charge is 2.20. The lowest BCUT2D eigenvalue weighted by molar-refractivity contribution is 0.413. The molecule has 0 aliphatic heterocycles. The Morgan fingerprint density at radius 1 is 0.714 bits per heavy atom. The highest BCUT2D eigenvalue weighted by Crippen LogP contribution is 2.37. The van der Waals surface area contributed by atoms with E-state index < -0.39 is 0 Å². The van der Waals surface area contributed by atoms with Crippen LogP contribution in [0.1, 0.15) is 131 Å². The number of hydrogen-bond acceptors (Lipinski definition) is 9. The van der Waals surface area contributed by atoms with Gasteiger partial charge in [-0.15, -0.1) is 23.5 Å². The van der Waals surface area contributed by atoms with Gasteiger partial charge in [-0.3, -0.25) is 0 Å². The second kappa shape index (κ2) is 21.1. The van der Waals surface area contributed by atoms with Crippen LogP contribution in [-0.2, 0) is 5.41 Å². The molecule has 42 heavy (non-hydrogen) atoms. The number of aromatic hydroxyl groups is 1. The van der Waals surface area contributed by atoms with Gasteiger partial charge in [0.25, 0.3) is 0 Å². The van der Waals surface area contributed by atoms with Crippen LogP contribution in [0.5, 0.6) is 17.5 Å². The molecular formula is C33H55N3O2S4. The van der Waals surface area contributed by atoms with Gasteiger partial charge in [0.15, 0.2) is 10.3 Å². The minimum atomic E-state index is -0.212. The first-order chi connectivity index (χ1) is 20.1. The minimum absolute atomic E-state index is 0.212. The second-order valence-corrected chi connectivity index (χ2v) is 18.0. The van der Waals surface area contributed by atoms with Gasteiger partial charge in [0.2, 0.25) is 0 Å². The largest absolute Gasteiger partial charge is 0.508 e. The van der Waals surface area contributed by atoms with Crippen LogP contribution in [0.15, 0.2) is 28.5 Å². The Balaban J connectivity index is 2.06. The monoisotopic (exact) mass is 653 g/mol. The van der Waals surface area contributed by atoms with Crippen LogP contribution in [0.2, 0.25) is 0 Å². The Labute approximate surface area is 273 Å². The quantitative estimate of drug-likeness (QED) is 0.0759. The molecule has 1 N–H and O–H groups in total. The molecule has 9 heteroatoms. The van der Waals surface area contributed by atoms with E-state index in [0.717, 1.165) is 17.1 Å². The summed E-state index contributed by atoms with van der Waals surface area (Å²) in [7, 11) is 0. The van der Waals surface area contributed by atoms with Crippen molar-refractivity contribution < 1.29 is 9.84 Å². The highest BCUT2D eigenvalue weighted by molar-refractivity contribution is 8.17. The summed E-state index contributed by atoms with van der Waals surface area (Å²) in [6.45, 7) is 15.2. The summed E-state index contributed by atoms with van der Waals surface area (Å²) in [4.78, 5) is 14.2. The van der Waals surface area contributed by atoms with Gasteiger partial charge in [0.1, 0.15) is 11.5 Å². The zero-order valence-electron chi connectivity index (χ0n) is 27.1. The molecule has 1 heterocycles. The third-order valence-electron chi connectivity index (χ3n) is 6.80. The summed E-state index contributed by atoms with van der Waals surface area (Å²) in [5, 5.41) is 11.8. The van der Waals surface area contributed by atoms with Gasteiger partial charge in [0.05, 0.1) is 9.16 Å². The number of aromatic nitrogens is 3. The Morgan fingerprint density at radius 2 is 1.19 bits per heavy atom. The molecule has 0 aliphatic carbocycles. The number of nitrogens with zero attached hydrogens (tertiary/aromatic N) is 3. The maximum Gasteiger partial charge on any atom is 0.327 e. The molecule has 238 valence electrons. The van der Waals surface area contributed by atoms with E-state index in [0.29, 0.717) is 31.2 Å². The maximum atomic E-state index is 10.4. The lowest BCUT2D eigenvalue weighted by atomic mass is 9.86. The number of benzene rings is 1. The van der Waals surface area contributed by atoms with Crippen LogP contribution >= 0.6 is 47.0 Å². The minimum Gasteiger partial charge on any atom is -0.508 e. The molecule has 0 saturated heterocycles. The van der Waals surface area contributed by atoms with E-state index in [1.54, 1.807) is 35.7 Å². The molecule has 0 fully saturated rings. The number of phenols is 1. The lowest BCUT2D eigenvalue weighted by Gasteiger charge is -2.21. The summed E-state index contributed by atoms with van der Waals surface area (Å²) in [6, 6.07) is 5.65. The van der Waals surface area contributed by atoms with E-state index in [9.17, 15) is 5.11 Å². The molecule has 0 radical (unpaired) electrons. The van der Waals surface area contributed by atoms with Gasteiger partial charge in [-0.2, -0.15) is 15.0 Å². The molecule has 2 atom stereocenters. The zero-order valence-corrected chi connectivity index (χ0v) is 30.4. The van der Waals surface area contributed by atoms with Crippen LogP contribution < -0.4 is 4.74 Å². The van der Waals surface area contributed by atoms with Crippen molar-refractivity contribution in [1.82, 2.24) is 15.0 Å². The average Bonchev–Trinajstić information content (AvgIpc) is 2.92. The summed E-state index contributed by atoms with van der Waals surface area (Å²) in [6.07, 6.45) is 15.8. The van der Waals surface area contributed by atoms with Crippen LogP contribution in [0, 0.1) is 0 Å². The zero-order chi connectivity index (χ0) is 30.8. The van der Waals surface area contributed by atoms with Crippen molar-refractivity contribution in [2.45, 2.75) is 150 Å². The Morgan fingerprint density at radius 3 is 1.67 bits per heavy atom. The van der Waals surface area contributed by atoms with Crippen molar-refractivity contribution in [2.75, 3.05) is 11.5 Å². The van der Waals surface area contributed by atoms with Crippen molar-refractivity contribution in [3.8, 4) is 17.5 Å². The maximum absolute atomic E-state index is 10.4. The third kappa shape index (κ3) is 15.8. The molecule has 2 unspecified atom stereocenters. The molecule has 0 aliphatic rings. The Kier molecular flexibility index (Phi) is 18.8. The normalized spacial score (nSPS) is 13.3. The van der Waals surface area contributed by atoms with E-state index in [1.165, 1.54) is 77.0 Å². The topological polar surface area (TPSA) is 68.1 Å². The number of phenolic OH excluding ortho intramolecular Hbond substituents is 1. The van der Waals surface area contributed by atoms with Crippen LogP contribution in [0.3, 0.4) is 0 Å². The number of thioether (sulfide) groups is 4. The van der Waals surface area contributed by atoms with Crippen molar-refractivity contribution in [3.05, 3.63) is 23.8 Å².